The minimum atomic E-state index is -0.134. The number of aromatic nitrogens is 2. The Morgan fingerprint density at radius 1 is 1.43 bits per heavy atom. The van der Waals surface area contributed by atoms with Crippen LogP contribution in [0.2, 0.25) is 0 Å². The third kappa shape index (κ3) is 3.26. The molecule has 0 aliphatic carbocycles. The highest BCUT2D eigenvalue weighted by molar-refractivity contribution is 5.98. The van der Waals surface area contributed by atoms with Gasteiger partial charge in [0.05, 0.1) is 17.6 Å². The molecule has 2 N–H and O–H groups in total. The Labute approximate surface area is 134 Å². The fourth-order valence-corrected chi connectivity index (χ4v) is 2.87. The van der Waals surface area contributed by atoms with Crippen molar-refractivity contribution in [3.05, 3.63) is 48.0 Å². The molecule has 1 fully saturated rings. The molecule has 3 rings (SSSR count). The first-order valence-corrected chi connectivity index (χ1v) is 7.74. The summed E-state index contributed by atoms with van der Waals surface area (Å²) in [5.74, 6) is -0.0944. The third-order valence-electron chi connectivity index (χ3n) is 4.17. The lowest BCUT2D eigenvalue weighted by Gasteiger charge is -2.30. The predicted octanol–water partition coefficient (Wildman–Crippen LogP) is 1.58. The van der Waals surface area contributed by atoms with Gasteiger partial charge in [0, 0.05) is 30.9 Å². The second-order valence-corrected chi connectivity index (χ2v) is 5.97. The van der Waals surface area contributed by atoms with Gasteiger partial charge in [-0.3, -0.25) is 9.59 Å². The normalized spacial score (nSPS) is 20.9. The minimum Gasteiger partial charge on any atom is -0.352 e. The molecule has 1 aliphatic heterocycles. The van der Waals surface area contributed by atoms with E-state index < -0.39 is 0 Å². The van der Waals surface area contributed by atoms with Crippen molar-refractivity contribution in [2.75, 3.05) is 0 Å². The van der Waals surface area contributed by atoms with Crippen LogP contribution in [0.5, 0.6) is 0 Å². The molecule has 120 valence electrons. The zero-order valence-corrected chi connectivity index (χ0v) is 13.2. The summed E-state index contributed by atoms with van der Waals surface area (Å²) in [6.45, 7) is 3.87. The van der Waals surface area contributed by atoms with Crippen LogP contribution >= 0.6 is 0 Å². The number of amides is 2. The maximum absolute atomic E-state index is 12.8. The highest BCUT2D eigenvalue weighted by Gasteiger charge is 2.27. The number of carbonyl (C=O) groups is 2. The molecule has 1 aromatic heterocycles. The molecule has 0 bridgehead atoms. The van der Waals surface area contributed by atoms with Gasteiger partial charge in [0.1, 0.15) is 0 Å². The summed E-state index contributed by atoms with van der Waals surface area (Å²) < 4.78 is 1.82. The van der Waals surface area contributed by atoms with E-state index in [-0.39, 0.29) is 23.9 Å². The molecule has 0 saturated carbocycles. The van der Waals surface area contributed by atoms with E-state index in [4.69, 9.17) is 0 Å². The number of imidazole rings is 1. The van der Waals surface area contributed by atoms with Gasteiger partial charge in [-0.1, -0.05) is 11.6 Å². The van der Waals surface area contributed by atoms with E-state index in [1.165, 1.54) is 0 Å². The van der Waals surface area contributed by atoms with Gasteiger partial charge in [-0.25, -0.2) is 4.98 Å². The van der Waals surface area contributed by atoms with Gasteiger partial charge >= 0.3 is 0 Å². The lowest BCUT2D eigenvalue weighted by atomic mass is 9.98. The standard InChI is InChI=1S/C17H20N4O2/c1-11-3-5-15(21-8-7-18-10-21)13(9-11)17(23)20-14-4-6-16(22)19-12(14)2/h3,5,7-10,12,14H,4,6H2,1-2H3,(H,19,22)(H,20,23). The van der Waals surface area contributed by atoms with Gasteiger partial charge in [-0.15, -0.1) is 0 Å². The summed E-state index contributed by atoms with van der Waals surface area (Å²) in [5.41, 5.74) is 2.41. The highest BCUT2D eigenvalue weighted by Crippen LogP contribution is 2.18. The number of hydrogen-bond acceptors (Lipinski definition) is 3. The molecule has 6 heteroatoms. The van der Waals surface area contributed by atoms with Crippen LogP contribution in [-0.2, 0) is 4.79 Å². The van der Waals surface area contributed by atoms with Crippen LogP contribution in [0.25, 0.3) is 5.69 Å². The predicted molar refractivity (Wildman–Crippen MR) is 86.4 cm³/mol. The van der Waals surface area contributed by atoms with Crippen molar-refractivity contribution in [1.82, 2.24) is 20.2 Å². The van der Waals surface area contributed by atoms with Gasteiger partial charge in [-0.05, 0) is 32.4 Å². The summed E-state index contributed by atoms with van der Waals surface area (Å²) in [7, 11) is 0. The van der Waals surface area contributed by atoms with Crippen LogP contribution in [0.4, 0.5) is 0 Å². The van der Waals surface area contributed by atoms with E-state index in [0.29, 0.717) is 18.4 Å². The molecule has 2 unspecified atom stereocenters. The molecule has 0 radical (unpaired) electrons. The molecule has 1 aromatic carbocycles. The zero-order valence-electron chi connectivity index (χ0n) is 13.2. The Morgan fingerprint density at radius 2 is 2.26 bits per heavy atom. The second-order valence-electron chi connectivity index (χ2n) is 5.97. The first kappa shape index (κ1) is 15.3. The molecule has 2 atom stereocenters. The van der Waals surface area contributed by atoms with Crippen molar-refractivity contribution in [2.24, 2.45) is 0 Å². The smallest absolute Gasteiger partial charge is 0.253 e. The topological polar surface area (TPSA) is 76.0 Å². The Balaban J connectivity index is 1.85. The van der Waals surface area contributed by atoms with Crippen molar-refractivity contribution in [1.29, 1.82) is 0 Å². The molecule has 2 amide bonds. The number of hydrogen-bond donors (Lipinski definition) is 2. The number of nitrogens with zero attached hydrogens (tertiary/aromatic N) is 2. The number of piperidine rings is 1. The summed E-state index contributed by atoms with van der Waals surface area (Å²) in [4.78, 5) is 28.2. The van der Waals surface area contributed by atoms with E-state index in [2.05, 4.69) is 15.6 Å². The number of benzene rings is 1. The van der Waals surface area contributed by atoms with Crippen molar-refractivity contribution in [2.45, 2.75) is 38.8 Å². The molecule has 0 spiro atoms. The SMILES string of the molecule is Cc1ccc(-n2ccnc2)c(C(=O)NC2CCC(=O)NC2C)c1. The average molecular weight is 312 g/mol. The van der Waals surface area contributed by atoms with Crippen LogP contribution in [0, 0.1) is 6.92 Å². The lowest BCUT2D eigenvalue weighted by Crippen LogP contribution is -2.54. The molecule has 2 aromatic rings. The first-order chi connectivity index (χ1) is 11.0. The van der Waals surface area contributed by atoms with E-state index in [9.17, 15) is 9.59 Å². The molecule has 6 nitrogen and oxygen atoms in total. The third-order valence-corrected chi connectivity index (χ3v) is 4.17. The summed E-state index contributed by atoms with van der Waals surface area (Å²) in [6.07, 6.45) is 6.26. The summed E-state index contributed by atoms with van der Waals surface area (Å²) in [5, 5.41) is 5.92. The van der Waals surface area contributed by atoms with Crippen LogP contribution < -0.4 is 10.6 Å². The van der Waals surface area contributed by atoms with Gasteiger partial charge in [0.15, 0.2) is 0 Å². The van der Waals surface area contributed by atoms with Crippen molar-refractivity contribution in [3.63, 3.8) is 0 Å². The monoisotopic (exact) mass is 312 g/mol. The summed E-state index contributed by atoms with van der Waals surface area (Å²) >= 11 is 0. The van der Waals surface area contributed by atoms with Crippen LogP contribution in [-0.4, -0.2) is 33.4 Å². The van der Waals surface area contributed by atoms with Crippen molar-refractivity contribution in [3.8, 4) is 5.69 Å². The number of nitrogens with one attached hydrogen (secondary N) is 2. The lowest BCUT2D eigenvalue weighted by molar-refractivity contribution is -0.123. The molecule has 1 aliphatic rings. The largest absolute Gasteiger partial charge is 0.352 e. The number of carbonyl (C=O) groups excluding carboxylic acids is 2. The average Bonchev–Trinajstić information content (AvgIpc) is 3.04. The van der Waals surface area contributed by atoms with E-state index in [1.54, 1.807) is 12.5 Å². The zero-order chi connectivity index (χ0) is 16.4. The van der Waals surface area contributed by atoms with Crippen LogP contribution in [0.3, 0.4) is 0 Å². The summed E-state index contributed by atoms with van der Waals surface area (Å²) in [6, 6.07) is 5.63. The minimum absolute atomic E-state index is 0.0395. The first-order valence-electron chi connectivity index (χ1n) is 7.74. The second kappa shape index (κ2) is 6.24. The quantitative estimate of drug-likeness (QED) is 0.903. The van der Waals surface area contributed by atoms with Crippen LogP contribution in [0.15, 0.2) is 36.9 Å². The molecule has 1 saturated heterocycles. The van der Waals surface area contributed by atoms with E-state index in [0.717, 1.165) is 11.3 Å². The number of aryl methyl sites for hydroxylation is 1. The number of rotatable bonds is 3. The molecular weight excluding hydrogens is 292 g/mol. The maximum Gasteiger partial charge on any atom is 0.253 e. The molecule has 23 heavy (non-hydrogen) atoms. The van der Waals surface area contributed by atoms with Crippen molar-refractivity contribution >= 4 is 11.8 Å². The highest BCUT2D eigenvalue weighted by atomic mass is 16.2. The Hall–Kier alpha value is -2.63. The molecule has 2 heterocycles. The Bertz CT molecular complexity index is 724. The Morgan fingerprint density at radius 3 is 2.96 bits per heavy atom. The maximum atomic E-state index is 12.8. The fraction of sp³-hybridized carbons (Fsp3) is 0.353. The van der Waals surface area contributed by atoms with E-state index in [1.807, 2.05) is 42.8 Å². The van der Waals surface area contributed by atoms with E-state index >= 15 is 0 Å². The molecular formula is C17H20N4O2. The Kier molecular flexibility index (Phi) is 4.14. The van der Waals surface area contributed by atoms with Gasteiger partial charge < -0.3 is 15.2 Å². The van der Waals surface area contributed by atoms with Gasteiger partial charge in [0.25, 0.3) is 5.91 Å². The fourth-order valence-electron chi connectivity index (χ4n) is 2.87. The van der Waals surface area contributed by atoms with Gasteiger partial charge in [0.2, 0.25) is 5.91 Å². The van der Waals surface area contributed by atoms with Crippen LogP contribution in [0.1, 0.15) is 35.7 Å². The van der Waals surface area contributed by atoms with Crippen molar-refractivity contribution < 1.29 is 9.59 Å². The van der Waals surface area contributed by atoms with Gasteiger partial charge in [-0.2, -0.15) is 0 Å².